The van der Waals surface area contributed by atoms with E-state index in [1.165, 1.54) is 5.56 Å². The van der Waals surface area contributed by atoms with Crippen molar-refractivity contribution in [2.75, 3.05) is 13.2 Å². The summed E-state index contributed by atoms with van der Waals surface area (Å²) < 4.78 is 0. The fourth-order valence-electron chi connectivity index (χ4n) is 2.65. The second-order valence-electron chi connectivity index (χ2n) is 6.37. The van der Waals surface area contributed by atoms with E-state index in [9.17, 15) is 10.2 Å². The smallest absolute Gasteiger partial charge is 0.120 e. The lowest BCUT2D eigenvalue weighted by atomic mass is 9.75. The van der Waals surface area contributed by atoms with Crippen molar-refractivity contribution in [1.29, 1.82) is 0 Å². The van der Waals surface area contributed by atoms with Gasteiger partial charge in [-0.3, -0.25) is 0 Å². The first kappa shape index (κ1) is 16.5. The van der Waals surface area contributed by atoms with Gasteiger partial charge in [-0.05, 0) is 17.0 Å². The summed E-state index contributed by atoms with van der Waals surface area (Å²) in [7, 11) is 0. The van der Waals surface area contributed by atoms with Gasteiger partial charge in [0.2, 0.25) is 0 Å². The monoisotopic (exact) mass is 299 g/mol. The quantitative estimate of drug-likeness (QED) is 0.735. The predicted molar refractivity (Wildman–Crippen MR) is 89.9 cm³/mol. The molecule has 3 nitrogen and oxygen atoms in total. The molecule has 0 radical (unpaired) electrons. The lowest BCUT2D eigenvalue weighted by molar-refractivity contribution is 0.129. The highest BCUT2D eigenvalue weighted by molar-refractivity contribution is 5.31. The van der Waals surface area contributed by atoms with E-state index in [0.29, 0.717) is 12.3 Å². The zero-order chi connectivity index (χ0) is 16.0. The number of benzene rings is 2. The molecule has 0 aliphatic rings. The lowest BCUT2D eigenvalue weighted by Gasteiger charge is -2.33. The molecule has 0 aliphatic carbocycles. The van der Waals surface area contributed by atoms with E-state index in [1.807, 2.05) is 36.4 Å². The number of aliphatic hydroxyl groups excluding tert-OH is 1. The van der Waals surface area contributed by atoms with Crippen LogP contribution in [-0.4, -0.2) is 23.4 Å². The van der Waals surface area contributed by atoms with Crippen LogP contribution in [0.4, 0.5) is 0 Å². The third-order valence-electron chi connectivity index (χ3n) is 4.21. The molecule has 2 aromatic rings. The summed E-state index contributed by atoms with van der Waals surface area (Å²) in [5.74, 6) is 0.511. The third-order valence-corrected chi connectivity index (χ3v) is 4.21. The highest BCUT2D eigenvalue weighted by Crippen LogP contribution is 2.34. The molecule has 3 heteroatoms. The van der Waals surface area contributed by atoms with E-state index < -0.39 is 0 Å². The Morgan fingerprint density at radius 2 is 1.64 bits per heavy atom. The predicted octanol–water partition coefficient (Wildman–Crippen LogP) is 3.28. The molecule has 0 aromatic heterocycles. The Morgan fingerprint density at radius 1 is 1.00 bits per heavy atom. The molecule has 0 fully saturated rings. The van der Waals surface area contributed by atoms with Gasteiger partial charge in [-0.1, -0.05) is 62.4 Å². The Morgan fingerprint density at radius 3 is 2.27 bits per heavy atom. The van der Waals surface area contributed by atoms with Crippen molar-refractivity contribution < 1.29 is 10.2 Å². The fourth-order valence-corrected chi connectivity index (χ4v) is 2.65. The van der Waals surface area contributed by atoms with Crippen LogP contribution in [0, 0.1) is 5.41 Å². The van der Waals surface area contributed by atoms with Gasteiger partial charge in [-0.2, -0.15) is 0 Å². The summed E-state index contributed by atoms with van der Waals surface area (Å²) >= 11 is 0. The molecule has 22 heavy (non-hydrogen) atoms. The van der Waals surface area contributed by atoms with Gasteiger partial charge in [0, 0.05) is 31.2 Å². The van der Waals surface area contributed by atoms with Gasteiger partial charge in [0.25, 0.3) is 0 Å². The molecule has 0 spiro atoms. The van der Waals surface area contributed by atoms with Crippen LogP contribution >= 0.6 is 0 Å². The Hall–Kier alpha value is -1.84. The number of rotatable bonds is 7. The summed E-state index contributed by atoms with van der Waals surface area (Å²) in [6.45, 7) is 5.63. The molecule has 0 heterocycles. The average Bonchev–Trinajstić information content (AvgIpc) is 2.54. The molecule has 0 saturated carbocycles. The molecule has 1 atom stereocenters. The Balaban J connectivity index is 2.06. The highest BCUT2D eigenvalue weighted by atomic mass is 16.3. The molecule has 0 amide bonds. The lowest BCUT2D eigenvalue weighted by Crippen LogP contribution is -2.34. The maximum Gasteiger partial charge on any atom is 0.120 e. The van der Waals surface area contributed by atoms with Gasteiger partial charge in [0.1, 0.15) is 5.75 Å². The third kappa shape index (κ3) is 4.09. The Bertz CT molecular complexity index is 581. The van der Waals surface area contributed by atoms with Crippen molar-refractivity contribution in [2.45, 2.75) is 26.3 Å². The van der Waals surface area contributed by atoms with Crippen LogP contribution in [0.1, 0.15) is 30.9 Å². The number of phenols is 1. The summed E-state index contributed by atoms with van der Waals surface area (Å²) in [5, 5.41) is 22.9. The first-order chi connectivity index (χ1) is 10.5. The van der Waals surface area contributed by atoms with Crippen molar-refractivity contribution in [2.24, 2.45) is 5.41 Å². The molecule has 2 aromatic carbocycles. The Kier molecular flexibility index (Phi) is 5.58. The summed E-state index contributed by atoms with van der Waals surface area (Å²) in [5.41, 5.74) is 1.88. The standard InChI is InChI=1S/C19H25NO2/c1-19(2,14-21)17(15-8-4-3-5-9-15)13-20-12-16-10-6-7-11-18(16)22/h3-11,17,20-22H,12-14H2,1-2H3. The number of phenolic OH excluding ortho intramolecular Hbond substituents is 1. The minimum Gasteiger partial charge on any atom is -0.508 e. The van der Waals surface area contributed by atoms with Gasteiger partial charge < -0.3 is 15.5 Å². The average molecular weight is 299 g/mol. The number of para-hydroxylation sites is 1. The van der Waals surface area contributed by atoms with Crippen LogP contribution in [0.15, 0.2) is 54.6 Å². The molecule has 0 saturated heterocycles. The molecular formula is C19H25NO2. The number of nitrogens with one attached hydrogen (secondary N) is 1. The number of aromatic hydroxyl groups is 1. The van der Waals surface area contributed by atoms with E-state index in [1.54, 1.807) is 6.07 Å². The summed E-state index contributed by atoms with van der Waals surface area (Å²) in [6, 6.07) is 17.6. The molecule has 2 rings (SSSR count). The maximum atomic E-state index is 9.82. The number of aliphatic hydroxyl groups is 1. The SMILES string of the molecule is CC(C)(CO)C(CNCc1ccccc1O)c1ccccc1. The van der Waals surface area contributed by atoms with Gasteiger partial charge >= 0.3 is 0 Å². The van der Waals surface area contributed by atoms with Crippen LogP contribution in [0.25, 0.3) is 0 Å². The molecular weight excluding hydrogens is 274 g/mol. The van der Waals surface area contributed by atoms with Crippen LogP contribution < -0.4 is 5.32 Å². The topological polar surface area (TPSA) is 52.5 Å². The van der Waals surface area contributed by atoms with Crippen LogP contribution in [-0.2, 0) is 6.54 Å². The second kappa shape index (κ2) is 7.43. The first-order valence-electron chi connectivity index (χ1n) is 7.68. The molecule has 0 aliphatic heterocycles. The summed E-state index contributed by atoms with van der Waals surface area (Å²) in [6.07, 6.45) is 0. The van der Waals surface area contributed by atoms with Gasteiger partial charge in [-0.15, -0.1) is 0 Å². The van der Waals surface area contributed by atoms with Gasteiger partial charge in [-0.25, -0.2) is 0 Å². The Labute approximate surface area is 132 Å². The van der Waals surface area contributed by atoms with E-state index in [-0.39, 0.29) is 17.9 Å². The fraction of sp³-hybridized carbons (Fsp3) is 0.368. The van der Waals surface area contributed by atoms with E-state index in [2.05, 4.69) is 31.3 Å². The van der Waals surface area contributed by atoms with Crippen molar-refractivity contribution in [3.8, 4) is 5.75 Å². The van der Waals surface area contributed by atoms with Crippen LogP contribution in [0.2, 0.25) is 0 Å². The minimum absolute atomic E-state index is 0.130. The normalized spacial score (nSPS) is 13.0. The maximum absolute atomic E-state index is 9.82. The van der Waals surface area contributed by atoms with Gasteiger partial charge in [0.05, 0.1) is 0 Å². The van der Waals surface area contributed by atoms with Crippen molar-refractivity contribution in [3.05, 3.63) is 65.7 Å². The van der Waals surface area contributed by atoms with E-state index in [0.717, 1.165) is 12.1 Å². The number of hydrogen-bond acceptors (Lipinski definition) is 3. The van der Waals surface area contributed by atoms with E-state index in [4.69, 9.17) is 0 Å². The zero-order valence-corrected chi connectivity index (χ0v) is 13.3. The highest BCUT2D eigenvalue weighted by Gasteiger charge is 2.29. The molecule has 3 N–H and O–H groups in total. The van der Waals surface area contributed by atoms with Crippen LogP contribution in [0.3, 0.4) is 0 Å². The van der Waals surface area contributed by atoms with Crippen molar-refractivity contribution in [1.82, 2.24) is 5.32 Å². The molecule has 0 bridgehead atoms. The van der Waals surface area contributed by atoms with E-state index >= 15 is 0 Å². The largest absolute Gasteiger partial charge is 0.508 e. The van der Waals surface area contributed by atoms with Crippen molar-refractivity contribution >= 4 is 0 Å². The zero-order valence-electron chi connectivity index (χ0n) is 13.3. The van der Waals surface area contributed by atoms with Gasteiger partial charge in [0.15, 0.2) is 0 Å². The van der Waals surface area contributed by atoms with Crippen molar-refractivity contribution in [3.63, 3.8) is 0 Å². The van der Waals surface area contributed by atoms with Crippen LogP contribution in [0.5, 0.6) is 5.75 Å². The summed E-state index contributed by atoms with van der Waals surface area (Å²) in [4.78, 5) is 0. The molecule has 118 valence electrons. The second-order valence-corrected chi connectivity index (χ2v) is 6.37. The number of hydrogen-bond donors (Lipinski definition) is 3. The minimum atomic E-state index is -0.215. The first-order valence-corrected chi connectivity index (χ1v) is 7.68. The molecule has 1 unspecified atom stereocenters.